The molecule has 0 spiro atoms. The Kier molecular flexibility index (Phi) is 12.7. The highest BCUT2D eigenvalue weighted by Gasteiger charge is 2.38. The lowest BCUT2D eigenvalue weighted by Gasteiger charge is -2.38. The van der Waals surface area contributed by atoms with Crippen LogP contribution in [0.1, 0.15) is 52.7 Å². The van der Waals surface area contributed by atoms with Gasteiger partial charge < -0.3 is 13.8 Å². The highest BCUT2D eigenvalue weighted by Crippen LogP contribution is 2.37. The van der Waals surface area contributed by atoms with Crippen molar-refractivity contribution >= 4 is 40.2 Å². The second-order valence-electron chi connectivity index (χ2n) is 13.7. The second kappa shape index (κ2) is 15.1. The van der Waals surface area contributed by atoms with Gasteiger partial charge in [0.25, 0.3) is 5.69 Å². The number of hydrogen-bond acceptors (Lipinski definition) is 5. The topological polar surface area (TPSA) is 64.8 Å². The molecule has 2 rings (SSSR count). The van der Waals surface area contributed by atoms with Crippen LogP contribution in [0.15, 0.2) is 72.8 Å². The molecule has 0 atom stereocenters. The number of benzene rings is 2. The van der Waals surface area contributed by atoms with Crippen LogP contribution in [-0.2, 0) is 8.85 Å². The first kappa shape index (κ1) is 35.4. The van der Waals surface area contributed by atoms with E-state index in [9.17, 15) is 10.1 Å². The molecule has 0 heterocycles. The predicted molar refractivity (Wildman–Crippen MR) is 185 cm³/mol. The zero-order chi connectivity index (χ0) is 31.6. The van der Waals surface area contributed by atoms with Crippen LogP contribution >= 0.6 is 0 Å². The van der Waals surface area contributed by atoms with Gasteiger partial charge in [0.05, 0.1) is 18.1 Å². The number of nitro benzene ring substituents is 1. The molecule has 0 N–H and O–H groups in total. The van der Waals surface area contributed by atoms with E-state index in [4.69, 9.17) is 8.85 Å². The van der Waals surface area contributed by atoms with Crippen molar-refractivity contribution in [1.29, 1.82) is 0 Å². The predicted octanol–water partition coefficient (Wildman–Crippen LogP) is 9.73. The molecule has 42 heavy (non-hydrogen) atoms. The van der Waals surface area contributed by atoms with Gasteiger partial charge in [-0.15, -0.1) is 0 Å². The van der Waals surface area contributed by atoms with Crippen molar-refractivity contribution in [1.82, 2.24) is 0 Å². The van der Waals surface area contributed by atoms with Crippen LogP contribution in [0.5, 0.6) is 0 Å². The van der Waals surface area contributed by atoms with E-state index in [1.165, 1.54) is 17.8 Å². The number of hydrogen-bond donors (Lipinski definition) is 0. The summed E-state index contributed by atoms with van der Waals surface area (Å²) in [5, 5.41) is 11.2. The van der Waals surface area contributed by atoms with Crippen molar-refractivity contribution in [2.45, 2.75) is 77.8 Å². The van der Waals surface area contributed by atoms with Crippen molar-refractivity contribution in [3.05, 3.63) is 94.1 Å². The van der Waals surface area contributed by atoms with Crippen LogP contribution in [0.25, 0.3) is 12.2 Å². The second-order valence-corrected chi connectivity index (χ2v) is 23.4. The molecular formula is C34H52N2O4Si2. The largest absolute Gasteiger partial charge is 0.415 e. The lowest BCUT2D eigenvalue weighted by molar-refractivity contribution is -0.384. The Labute approximate surface area is 256 Å². The molecule has 0 bridgehead atoms. The number of nitrogens with zero attached hydrogens (tertiary/aromatic N) is 2. The maximum atomic E-state index is 10.8. The van der Waals surface area contributed by atoms with Gasteiger partial charge in [-0.2, -0.15) is 0 Å². The summed E-state index contributed by atoms with van der Waals surface area (Å²) in [7, 11) is -3.63. The van der Waals surface area contributed by atoms with Crippen LogP contribution in [0.3, 0.4) is 0 Å². The van der Waals surface area contributed by atoms with Crippen LogP contribution in [-0.4, -0.2) is 47.9 Å². The van der Waals surface area contributed by atoms with Gasteiger partial charge in [0.2, 0.25) is 0 Å². The van der Waals surface area contributed by atoms with Crippen molar-refractivity contribution < 1.29 is 13.8 Å². The van der Waals surface area contributed by atoms with E-state index in [0.29, 0.717) is 13.2 Å². The number of anilines is 1. The molecule has 0 aromatic heterocycles. The van der Waals surface area contributed by atoms with E-state index in [2.05, 4.69) is 103 Å². The van der Waals surface area contributed by atoms with Gasteiger partial charge in [0.15, 0.2) is 16.6 Å². The summed E-state index contributed by atoms with van der Waals surface area (Å²) in [5.41, 5.74) is 3.31. The van der Waals surface area contributed by atoms with Crippen LogP contribution < -0.4 is 4.90 Å². The number of allylic oxidation sites excluding steroid dienone is 4. The van der Waals surface area contributed by atoms with Crippen molar-refractivity contribution in [3.8, 4) is 0 Å². The summed E-state index contributed by atoms with van der Waals surface area (Å²) in [6.07, 6.45) is 11.8. The molecule has 2 aromatic rings. The average Bonchev–Trinajstić information content (AvgIpc) is 2.89. The first-order valence-corrected chi connectivity index (χ1v) is 20.6. The highest BCUT2D eigenvalue weighted by molar-refractivity contribution is 6.74. The fourth-order valence-electron chi connectivity index (χ4n) is 3.59. The molecule has 0 aliphatic rings. The standard InChI is InChI=1S/C34H52N2O4Si2/c1-33(2,3)41(7,8)39-27-25-35(26-28-40-42(9,10)34(4,5)6)31-21-17-29(18-22-31)15-13-11-12-14-16-30-19-23-32(24-20-30)36(37)38/h11-24H,25-28H2,1-10H3. The fraction of sp³-hybridized carbons (Fsp3) is 0.471. The molecule has 0 unspecified atom stereocenters. The van der Waals surface area contributed by atoms with Crippen molar-refractivity contribution in [3.63, 3.8) is 0 Å². The van der Waals surface area contributed by atoms with Gasteiger partial charge in [0, 0.05) is 30.9 Å². The van der Waals surface area contributed by atoms with Crippen molar-refractivity contribution in [2.75, 3.05) is 31.2 Å². The molecule has 0 radical (unpaired) electrons. The Morgan fingerprint density at radius 2 is 1.07 bits per heavy atom. The van der Waals surface area contributed by atoms with Crippen LogP contribution in [0, 0.1) is 10.1 Å². The average molecular weight is 609 g/mol. The summed E-state index contributed by atoms with van der Waals surface area (Å²) < 4.78 is 13.0. The summed E-state index contributed by atoms with van der Waals surface area (Å²) in [6.45, 7) is 26.0. The third kappa shape index (κ3) is 11.1. The first-order chi connectivity index (χ1) is 19.4. The molecule has 0 aliphatic heterocycles. The molecule has 8 heteroatoms. The van der Waals surface area contributed by atoms with E-state index in [1.54, 1.807) is 12.1 Å². The minimum absolute atomic E-state index is 0.0960. The highest BCUT2D eigenvalue weighted by atomic mass is 28.4. The minimum Gasteiger partial charge on any atom is -0.415 e. The number of nitro groups is 1. The normalized spacial score (nSPS) is 13.5. The van der Waals surface area contributed by atoms with Crippen molar-refractivity contribution in [2.24, 2.45) is 0 Å². The Morgan fingerprint density at radius 1 is 0.690 bits per heavy atom. The fourth-order valence-corrected chi connectivity index (χ4v) is 5.66. The maximum absolute atomic E-state index is 10.8. The maximum Gasteiger partial charge on any atom is 0.269 e. The summed E-state index contributed by atoms with van der Waals surface area (Å²) >= 11 is 0. The SMILES string of the molecule is CC(C)(C)[Si](C)(C)OCCN(CCO[Si](C)(C)C(C)(C)C)c1ccc(C=CC=CC=Cc2ccc([N+](=O)[O-])cc2)cc1. The van der Waals surface area contributed by atoms with Gasteiger partial charge in [-0.1, -0.05) is 90.1 Å². The number of rotatable bonds is 14. The molecule has 2 aromatic carbocycles. The molecule has 0 saturated heterocycles. The third-order valence-electron chi connectivity index (χ3n) is 8.53. The molecule has 0 saturated carbocycles. The number of non-ortho nitro benzene ring substituents is 1. The minimum atomic E-state index is -1.81. The van der Waals surface area contributed by atoms with Crippen LogP contribution in [0.2, 0.25) is 36.3 Å². The van der Waals surface area contributed by atoms with Gasteiger partial charge in [-0.05, 0) is 71.7 Å². The summed E-state index contributed by atoms with van der Waals surface area (Å²) in [6, 6.07) is 15.1. The van der Waals surface area contributed by atoms with E-state index in [-0.39, 0.29) is 15.8 Å². The molecule has 230 valence electrons. The third-order valence-corrected chi connectivity index (χ3v) is 17.6. The zero-order valence-corrected chi connectivity index (χ0v) is 29.4. The van der Waals surface area contributed by atoms with Crippen LogP contribution in [0.4, 0.5) is 11.4 Å². The summed E-state index contributed by atoms with van der Waals surface area (Å²) in [4.78, 5) is 12.8. The smallest absolute Gasteiger partial charge is 0.269 e. The van der Waals surface area contributed by atoms with Gasteiger partial charge in [0.1, 0.15) is 0 Å². The monoisotopic (exact) mass is 608 g/mol. The van der Waals surface area contributed by atoms with Gasteiger partial charge in [-0.25, -0.2) is 0 Å². The quantitative estimate of drug-likeness (QED) is 0.0924. The zero-order valence-electron chi connectivity index (χ0n) is 27.4. The molecule has 0 fully saturated rings. The van der Waals surface area contributed by atoms with E-state index < -0.39 is 21.6 Å². The van der Waals surface area contributed by atoms with E-state index >= 15 is 0 Å². The molecule has 0 amide bonds. The first-order valence-electron chi connectivity index (χ1n) is 14.8. The Hall–Kier alpha value is -2.79. The Bertz CT molecular complexity index is 1190. The molecule has 6 nitrogen and oxygen atoms in total. The molecular weight excluding hydrogens is 557 g/mol. The van der Waals surface area contributed by atoms with Gasteiger partial charge in [-0.3, -0.25) is 10.1 Å². The molecule has 0 aliphatic carbocycles. The van der Waals surface area contributed by atoms with Gasteiger partial charge >= 0.3 is 0 Å². The lowest BCUT2D eigenvalue weighted by Crippen LogP contribution is -2.44. The Balaban J connectivity index is 2.03. The van der Waals surface area contributed by atoms with E-state index in [0.717, 1.165) is 24.2 Å². The summed E-state index contributed by atoms with van der Waals surface area (Å²) in [5.74, 6) is 0. The lowest BCUT2D eigenvalue weighted by atomic mass is 10.1. The Morgan fingerprint density at radius 3 is 1.43 bits per heavy atom. The van der Waals surface area contributed by atoms with E-state index in [1.807, 2.05) is 30.4 Å².